The zero-order valence-electron chi connectivity index (χ0n) is 12.2. The predicted octanol–water partition coefficient (Wildman–Crippen LogP) is 2.06. The summed E-state index contributed by atoms with van der Waals surface area (Å²) >= 11 is 0. The molecule has 0 spiro atoms. The first-order valence-electron chi connectivity index (χ1n) is 6.20. The van der Waals surface area contributed by atoms with E-state index in [1.54, 1.807) is 24.3 Å². The zero-order chi connectivity index (χ0) is 16.2. The number of rotatable bonds is 6. The maximum Gasteiger partial charge on any atom is 2.00 e. The van der Waals surface area contributed by atoms with Crippen molar-refractivity contribution in [3.05, 3.63) is 71.8 Å². The van der Waals surface area contributed by atoms with Crippen molar-refractivity contribution in [2.24, 2.45) is 0 Å². The molecule has 9 heteroatoms. The molecule has 0 saturated carbocycles. The second kappa shape index (κ2) is 14.1. The van der Waals surface area contributed by atoms with E-state index in [4.69, 9.17) is 0 Å². The fraction of sp³-hybridized carbons (Fsp3) is 0.143. The first kappa shape index (κ1) is 22.7. The van der Waals surface area contributed by atoms with Gasteiger partial charge in [0.1, 0.15) is 13.2 Å². The van der Waals surface area contributed by atoms with Crippen molar-refractivity contribution >= 4 is 54.2 Å². The van der Waals surface area contributed by atoms with Crippen LogP contribution >= 0.6 is 16.5 Å². The molecule has 2 aromatic carbocycles. The van der Waals surface area contributed by atoms with E-state index in [0.29, 0.717) is 0 Å². The van der Waals surface area contributed by atoms with Crippen molar-refractivity contribution in [2.45, 2.75) is 13.2 Å². The van der Waals surface area contributed by atoms with Gasteiger partial charge in [-0.1, -0.05) is 60.7 Å². The Morgan fingerprint density at radius 3 is 1.26 bits per heavy atom. The van der Waals surface area contributed by atoms with Gasteiger partial charge in [0, 0.05) is 0 Å². The summed E-state index contributed by atoms with van der Waals surface area (Å²) in [7, 11) is -5.45. The van der Waals surface area contributed by atoms with E-state index in [0.717, 1.165) is 11.1 Å². The van der Waals surface area contributed by atoms with Crippen molar-refractivity contribution in [3.8, 4) is 0 Å². The van der Waals surface area contributed by atoms with Gasteiger partial charge in [-0.3, -0.25) is 0 Å². The van der Waals surface area contributed by atoms with Gasteiger partial charge >= 0.3 is 54.2 Å². The Morgan fingerprint density at radius 2 is 1.00 bits per heavy atom. The van der Waals surface area contributed by atoms with E-state index >= 15 is 0 Å². The van der Waals surface area contributed by atoms with E-state index in [1.807, 2.05) is 36.4 Å². The van der Waals surface area contributed by atoms with Gasteiger partial charge in [-0.05, 0) is 20.3 Å². The average molecular weight is 380 g/mol. The smallest absolute Gasteiger partial charge is 0.566 e. The second-order valence-corrected chi connectivity index (χ2v) is 5.38. The predicted molar refractivity (Wildman–Crippen MR) is 83.4 cm³/mol. The number of hydrogen-bond donors (Lipinski definition) is 0. The molecule has 0 amide bonds. The van der Waals surface area contributed by atoms with Crippen LogP contribution in [0.25, 0.3) is 0 Å². The van der Waals surface area contributed by atoms with E-state index < -0.39 is 16.5 Å². The Bertz CT molecular complexity index is 529. The van der Waals surface area contributed by atoms with Gasteiger partial charge in [-0.2, -0.15) is 0 Å². The normalized spacial score (nSPS) is 10.7. The Kier molecular flexibility index (Phi) is 14.0. The first-order chi connectivity index (χ1) is 10.6. The fourth-order valence-electron chi connectivity index (χ4n) is 1.40. The Labute approximate surface area is 166 Å². The Hall–Kier alpha value is -0.260. The summed E-state index contributed by atoms with van der Waals surface area (Å²) < 4.78 is 28.7. The van der Waals surface area contributed by atoms with Crippen LogP contribution in [-0.2, 0) is 31.4 Å². The van der Waals surface area contributed by atoms with Crippen molar-refractivity contribution in [3.63, 3.8) is 0 Å². The quantitative estimate of drug-likeness (QED) is 0.562. The molecule has 0 heterocycles. The van der Waals surface area contributed by atoms with Crippen LogP contribution in [-0.4, -0.2) is 37.7 Å². The molecule has 0 bridgehead atoms. The second-order valence-electron chi connectivity index (χ2n) is 3.97. The van der Waals surface area contributed by atoms with E-state index in [1.165, 1.54) is 0 Å². The van der Waals surface area contributed by atoms with E-state index in [2.05, 4.69) is 9.05 Å². The molecule has 0 aliphatic rings. The summed E-state index contributed by atoms with van der Waals surface area (Å²) in [4.78, 5) is 20.0. The monoisotopic (exact) mass is 380 g/mol. The molecule has 2 unspecified atom stereocenters. The largest absolute Gasteiger partial charge is 2.00 e. The third kappa shape index (κ3) is 12.8. The Morgan fingerprint density at radius 1 is 0.696 bits per heavy atom. The molecule has 2 aromatic rings. The van der Waals surface area contributed by atoms with Crippen molar-refractivity contribution < 1.29 is 28.0 Å². The molecule has 2 atom stereocenters. The van der Waals surface area contributed by atoms with Gasteiger partial charge in [0.05, 0.1) is 0 Å². The molecule has 23 heavy (non-hydrogen) atoms. The van der Waals surface area contributed by atoms with Gasteiger partial charge in [-0.15, -0.1) is 9.05 Å². The molecule has 0 aromatic heterocycles. The van der Waals surface area contributed by atoms with Crippen LogP contribution in [0.1, 0.15) is 11.1 Å². The zero-order valence-corrected chi connectivity index (χ0v) is 16.2. The third-order valence-electron chi connectivity index (χ3n) is 2.36. The molecule has 0 aliphatic heterocycles. The minimum atomic E-state index is -2.72. The van der Waals surface area contributed by atoms with Gasteiger partial charge in [0.15, 0.2) is 0 Å². The summed E-state index contributed by atoms with van der Waals surface area (Å²) in [5, 5.41) is 0. The molecule has 0 fully saturated rings. The topological polar surface area (TPSA) is 98.7 Å². The van der Waals surface area contributed by atoms with Crippen LogP contribution in [0.15, 0.2) is 60.7 Å². The number of hydrogen-bond acceptors (Lipinski definition) is 6. The van der Waals surface area contributed by atoms with Crippen LogP contribution in [0.3, 0.4) is 0 Å². The van der Waals surface area contributed by atoms with Crippen LogP contribution in [0.4, 0.5) is 0 Å². The fourth-order valence-corrected chi connectivity index (χ4v) is 1.91. The van der Waals surface area contributed by atoms with Crippen LogP contribution in [0.2, 0.25) is 0 Å². The molecule has 0 aliphatic carbocycles. The van der Waals surface area contributed by atoms with E-state index in [9.17, 15) is 18.9 Å². The average Bonchev–Trinajstić information content (AvgIpc) is 2.53. The van der Waals surface area contributed by atoms with Crippen LogP contribution in [0, 0.1) is 0 Å². The maximum absolute atomic E-state index is 9.99. The van der Waals surface area contributed by atoms with Crippen molar-refractivity contribution in [2.75, 3.05) is 0 Å². The SMILES string of the molecule is O=[P+]([O-])OCc1ccccc1.O=[P+]([O-])OCc1ccccc1.[Ca+2]. The molecule has 2 rings (SSSR count). The molecule has 0 N–H and O–H groups in total. The molecule has 116 valence electrons. The molecule has 6 nitrogen and oxygen atoms in total. The Balaban J connectivity index is 0.000000403. The minimum Gasteiger partial charge on any atom is -0.566 e. The molecular formula is C14H14CaO6P2+2. The summed E-state index contributed by atoms with van der Waals surface area (Å²) in [6.07, 6.45) is 0. The molecule has 0 radical (unpaired) electrons. The van der Waals surface area contributed by atoms with Gasteiger partial charge in [-0.25, -0.2) is 0 Å². The number of benzene rings is 2. The van der Waals surface area contributed by atoms with Gasteiger partial charge in [0.25, 0.3) is 0 Å². The summed E-state index contributed by atoms with van der Waals surface area (Å²) in [5.41, 5.74) is 1.71. The summed E-state index contributed by atoms with van der Waals surface area (Å²) in [6, 6.07) is 18.3. The van der Waals surface area contributed by atoms with Gasteiger partial charge in [0.2, 0.25) is 0 Å². The summed E-state index contributed by atoms with van der Waals surface area (Å²) in [5.74, 6) is 0. The third-order valence-corrected chi connectivity index (χ3v) is 3.04. The van der Waals surface area contributed by atoms with Crippen LogP contribution < -0.4 is 9.79 Å². The standard InChI is InChI=1S/2C7H7O3P.Ca/c2*8-11(9)10-6-7-4-2-1-3-5-7;/h2*1-5H,6H2;/q;;+2. The molecule has 0 saturated heterocycles. The van der Waals surface area contributed by atoms with Crippen molar-refractivity contribution in [1.29, 1.82) is 0 Å². The van der Waals surface area contributed by atoms with Gasteiger partial charge < -0.3 is 9.79 Å². The maximum atomic E-state index is 9.99. The van der Waals surface area contributed by atoms with Crippen molar-refractivity contribution in [1.82, 2.24) is 0 Å². The first-order valence-corrected chi connectivity index (χ1v) is 8.39. The van der Waals surface area contributed by atoms with Crippen LogP contribution in [0.5, 0.6) is 0 Å². The molecular weight excluding hydrogens is 366 g/mol. The summed E-state index contributed by atoms with van der Waals surface area (Å²) in [6.45, 7) is 0.249. The minimum absolute atomic E-state index is 0. The van der Waals surface area contributed by atoms with E-state index in [-0.39, 0.29) is 51.0 Å².